The zero-order chi connectivity index (χ0) is 25.7. The fraction of sp³-hybridized carbons (Fsp3) is 0.192. The van der Waals surface area contributed by atoms with Gasteiger partial charge in [0, 0.05) is 0 Å². The molecule has 1 aliphatic rings. The molecule has 3 aromatic rings. The number of amides is 2. The summed E-state index contributed by atoms with van der Waals surface area (Å²) in [4.78, 5) is 30.1. The number of sulfonamides is 1. The molecule has 0 spiro atoms. The summed E-state index contributed by atoms with van der Waals surface area (Å²) in [6.45, 7) is 1.79. The maximum atomic E-state index is 13.6. The fourth-order valence-corrected chi connectivity index (χ4v) is 5.15. The summed E-state index contributed by atoms with van der Waals surface area (Å²) in [5.41, 5.74) is 11.4. The summed E-state index contributed by atoms with van der Waals surface area (Å²) in [5.74, 6) is -0.957. The van der Waals surface area contributed by atoms with Crippen LogP contribution in [0.5, 0.6) is 0 Å². The number of nitrogens with one attached hydrogen (secondary N) is 1. The minimum Gasteiger partial charge on any atom is -0.447 e. The Bertz CT molecular complexity index is 1400. The molecule has 0 aromatic heterocycles. The van der Waals surface area contributed by atoms with E-state index in [0.717, 1.165) is 16.0 Å². The number of rotatable bonds is 8. The Morgan fingerprint density at radius 2 is 1.67 bits per heavy atom. The van der Waals surface area contributed by atoms with Gasteiger partial charge in [-0.05, 0) is 36.6 Å². The van der Waals surface area contributed by atoms with Gasteiger partial charge >= 0.3 is 17.7 Å². The molecule has 1 N–H and O–H groups in total. The first-order valence-electron chi connectivity index (χ1n) is 11.2. The number of aryl methyl sites for hydroxylation is 1. The minimum absolute atomic E-state index is 0.0266. The predicted octanol–water partition coefficient (Wildman–Crippen LogP) is 3.28. The van der Waals surface area contributed by atoms with Crippen molar-refractivity contribution >= 4 is 27.7 Å². The Kier molecular flexibility index (Phi) is 7.40. The van der Waals surface area contributed by atoms with Crippen molar-refractivity contribution in [3.05, 3.63) is 107 Å². The van der Waals surface area contributed by atoms with Gasteiger partial charge in [-0.2, -0.15) is 9.51 Å². The lowest BCUT2D eigenvalue weighted by Gasteiger charge is -2.21. The zero-order valence-electron chi connectivity index (χ0n) is 19.4. The third-order valence-corrected chi connectivity index (χ3v) is 7.27. The second-order valence-electron chi connectivity index (χ2n) is 8.36. The highest BCUT2D eigenvalue weighted by Crippen LogP contribution is 2.23. The van der Waals surface area contributed by atoms with Gasteiger partial charge in [0.25, 0.3) is 0 Å². The second kappa shape index (κ2) is 10.7. The lowest BCUT2D eigenvalue weighted by atomic mass is 10.0. The first-order valence-corrected chi connectivity index (χ1v) is 12.7. The zero-order valence-corrected chi connectivity index (χ0v) is 20.3. The molecule has 36 heavy (non-hydrogen) atoms. The summed E-state index contributed by atoms with van der Waals surface area (Å²) in [5, 5.41) is 0. The molecule has 2 amide bonds. The van der Waals surface area contributed by atoms with Crippen LogP contribution >= 0.6 is 0 Å². The number of benzene rings is 3. The summed E-state index contributed by atoms with van der Waals surface area (Å²) < 4.78 is 34.0. The Morgan fingerprint density at radius 3 is 2.28 bits per heavy atom. The summed E-state index contributed by atoms with van der Waals surface area (Å²) in [6, 6.07) is 21.6. The average molecular weight is 505 g/mol. The molecule has 10 heteroatoms. The number of cyclic esters (lactones) is 1. The van der Waals surface area contributed by atoms with Crippen LogP contribution in [0.25, 0.3) is 5.53 Å². The molecule has 0 bridgehead atoms. The van der Waals surface area contributed by atoms with Crippen molar-refractivity contribution in [3.63, 3.8) is 0 Å². The highest BCUT2D eigenvalue weighted by molar-refractivity contribution is 7.89. The Morgan fingerprint density at radius 1 is 1.06 bits per heavy atom. The molecule has 0 aliphatic carbocycles. The third kappa shape index (κ3) is 5.41. The Hall–Kier alpha value is -4.11. The van der Waals surface area contributed by atoms with E-state index < -0.39 is 39.8 Å². The van der Waals surface area contributed by atoms with E-state index in [1.807, 2.05) is 37.3 Å². The van der Waals surface area contributed by atoms with Crippen LogP contribution in [-0.4, -0.2) is 48.5 Å². The van der Waals surface area contributed by atoms with E-state index >= 15 is 0 Å². The predicted molar refractivity (Wildman–Crippen MR) is 131 cm³/mol. The molecule has 1 aliphatic heterocycles. The maximum Gasteiger partial charge on any atom is 0.417 e. The van der Waals surface area contributed by atoms with E-state index in [1.54, 1.807) is 42.5 Å². The number of ether oxygens (including phenoxy) is 1. The van der Waals surface area contributed by atoms with Crippen molar-refractivity contribution in [2.45, 2.75) is 30.3 Å². The molecule has 1 fully saturated rings. The van der Waals surface area contributed by atoms with Crippen LogP contribution in [0.4, 0.5) is 4.79 Å². The van der Waals surface area contributed by atoms with Crippen molar-refractivity contribution in [3.8, 4) is 0 Å². The van der Waals surface area contributed by atoms with E-state index in [2.05, 4.69) is 9.51 Å². The highest BCUT2D eigenvalue weighted by atomic mass is 32.2. The molecular formula is C26H24N4O5S. The first-order chi connectivity index (χ1) is 17.3. The van der Waals surface area contributed by atoms with Crippen molar-refractivity contribution in [2.24, 2.45) is 0 Å². The first kappa shape index (κ1) is 25.0. The Labute approximate surface area is 209 Å². The second-order valence-corrected chi connectivity index (χ2v) is 10.1. The van der Waals surface area contributed by atoms with Crippen molar-refractivity contribution in [2.75, 3.05) is 6.61 Å². The van der Waals surface area contributed by atoms with Crippen LogP contribution < -0.4 is 4.72 Å². The van der Waals surface area contributed by atoms with Crippen LogP contribution in [0.15, 0.2) is 89.8 Å². The van der Waals surface area contributed by atoms with Gasteiger partial charge in [0.15, 0.2) is 6.04 Å². The van der Waals surface area contributed by atoms with E-state index in [4.69, 9.17) is 4.74 Å². The summed E-state index contributed by atoms with van der Waals surface area (Å²) >= 11 is 0. The van der Waals surface area contributed by atoms with Crippen LogP contribution in [0.2, 0.25) is 0 Å². The van der Waals surface area contributed by atoms with Crippen molar-refractivity contribution in [1.29, 1.82) is 0 Å². The highest BCUT2D eigenvalue weighted by Gasteiger charge is 2.46. The molecule has 9 nitrogen and oxygen atoms in total. The lowest BCUT2D eigenvalue weighted by molar-refractivity contribution is -0.127. The largest absolute Gasteiger partial charge is 0.447 e. The molecule has 0 radical (unpaired) electrons. The third-order valence-electron chi connectivity index (χ3n) is 5.83. The van der Waals surface area contributed by atoms with Gasteiger partial charge < -0.3 is 10.3 Å². The summed E-state index contributed by atoms with van der Waals surface area (Å²) in [7, 11) is -4.14. The van der Waals surface area contributed by atoms with E-state index in [9.17, 15) is 23.5 Å². The van der Waals surface area contributed by atoms with Gasteiger partial charge in [-0.1, -0.05) is 78.4 Å². The minimum atomic E-state index is -4.14. The fourth-order valence-electron chi connectivity index (χ4n) is 3.96. The topological polar surface area (TPSA) is 129 Å². The molecule has 1 heterocycles. The number of nitrogens with zero attached hydrogens (tertiary/aromatic N) is 3. The molecule has 1 saturated heterocycles. The van der Waals surface area contributed by atoms with Crippen LogP contribution in [0.1, 0.15) is 22.7 Å². The summed E-state index contributed by atoms with van der Waals surface area (Å²) in [6.07, 6.45) is -0.572. The number of imide groups is 1. The standard InChI is InChI=1S/C26H24N4O5S/c1-18-12-14-22(15-13-18)36(33,34)29-23(20-10-6-3-7-11-20)24(28-27)25(31)30-21(17-35-26(30)32)16-19-8-4-2-5-9-19/h2-15,21,23,29H,16-17H2,1H3/t21-,23-/m0/s1. The maximum absolute atomic E-state index is 13.6. The van der Waals surface area contributed by atoms with E-state index in [-0.39, 0.29) is 11.5 Å². The van der Waals surface area contributed by atoms with Crippen LogP contribution in [-0.2, 0) is 26.0 Å². The monoisotopic (exact) mass is 504 g/mol. The van der Waals surface area contributed by atoms with Gasteiger partial charge in [-0.3, -0.25) is 4.79 Å². The molecule has 184 valence electrons. The number of hydrogen-bond donors (Lipinski definition) is 1. The number of hydrogen-bond acceptors (Lipinski definition) is 5. The molecule has 4 rings (SSSR count). The quantitative estimate of drug-likeness (QED) is 0.286. The average Bonchev–Trinajstić information content (AvgIpc) is 3.24. The lowest BCUT2D eigenvalue weighted by Crippen LogP contribution is -2.48. The van der Waals surface area contributed by atoms with Crippen molar-refractivity contribution in [1.82, 2.24) is 9.62 Å². The SMILES string of the molecule is Cc1ccc(S(=O)(=O)N[C@H](C(=[N+]=[N-])C(=O)N2C(=O)OC[C@@H]2Cc2ccccc2)c2ccccc2)cc1. The molecule has 3 aromatic carbocycles. The van der Waals surface area contributed by atoms with Crippen molar-refractivity contribution < 1.29 is 27.5 Å². The van der Waals surface area contributed by atoms with E-state index in [1.165, 1.54) is 12.1 Å². The Balaban J connectivity index is 1.68. The van der Waals surface area contributed by atoms with Gasteiger partial charge in [0.2, 0.25) is 10.0 Å². The normalized spacial score (nSPS) is 16.2. The number of carbonyl (C=O) groups excluding carboxylic acids is 2. The van der Waals surface area contributed by atoms with Gasteiger partial charge in [-0.25, -0.2) is 18.1 Å². The number of carbonyl (C=O) groups is 2. The molecule has 0 saturated carbocycles. The van der Waals surface area contributed by atoms with Crippen LogP contribution in [0, 0.1) is 6.92 Å². The molecule has 0 unspecified atom stereocenters. The molecular weight excluding hydrogens is 480 g/mol. The van der Waals surface area contributed by atoms with Crippen LogP contribution in [0.3, 0.4) is 0 Å². The van der Waals surface area contributed by atoms with E-state index in [0.29, 0.717) is 12.0 Å². The molecule has 2 atom stereocenters. The smallest absolute Gasteiger partial charge is 0.417 e. The van der Waals surface area contributed by atoms with Gasteiger partial charge in [0.05, 0.1) is 10.9 Å². The van der Waals surface area contributed by atoms with Gasteiger partial charge in [0.1, 0.15) is 6.61 Å². The van der Waals surface area contributed by atoms with Gasteiger partial charge in [-0.15, -0.1) is 0 Å².